The van der Waals surface area contributed by atoms with E-state index in [1.165, 1.54) is 16.5 Å². The molecule has 5 nitrogen and oxygen atoms in total. The molecule has 0 saturated carbocycles. The SMILES string of the molecule is CCOc1cc(CN2C[C@@H](Cc3ccnc4ccccc34)[C@H](O)C2)ccc1OC(C)C. The molecule has 3 aromatic rings. The summed E-state index contributed by atoms with van der Waals surface area (Å²) in [5, 5.41) is 11.9. The lowest BCUT2D eigenvalue weighted by Gasteiger charge is -2.19. The number of para-hydroxylation sites is 1. The van der Waals surface area contributed by atoms with Crippen molar-refractivity contribution in [3.8, 4) is 11.5 Å². The molecular formula is C26H32N2O3. The van der Waals surface area contributed by atoms with Gasteiger partial charge in [0.2, 0.25) is 0 Å². The minimum absolute atomic E-state index is 0.101. The normalized spacial score (nSPS) is 19.3. The van der Waals surface area contributed by atoms with E-state index in [0.717, 1.165) is 36.5 Å². The zero-order chi connectivity index (χ0) is 21.8. The van der Waals surface area contributed by atoms with Crippen molar-refractivity contribution in [2.45, 2.75) is 45.9 Å². The van der Waals surface area contributed by atoms with Crippen molar-refractivity contribution in [1.29, 1.82) is 0 Å². The second kappa shape index (κ2) is 9.67. The number of nitrogens with zero attached hydrogens (tertiary/aromatic N) is 2. The number of hydrogen-bond donors (Lipinski definition) is 1. The molecular weight excluding hydrogens is 388 g/mol. The Morgan fingerprint density at radius 2 is 1.94 bits per heavy atom. The van der Waals surface area contributed by atoms with Gasteiger partial charge in [-0.15, -0.1) is 0 Å². The quantitative estimate of drug-likeness (QED) is 0.583. The first-order chi connectivity index (χ1) is 15.0. The molecule has 2 atom stereocenters. The summed E-state index contributed by atoms with van der Waals surface area (Å²) in [4.78, 5) is 6.79. The maximum atomic E-state index is 10.8. The number of rotatable bonds is 8. The van der Waals surface area contributed by atoms with Gasteiger partial charge < -0.3 is 14.6 Å². The number of pyridine rings is 1. The summed E-state index contributed by atoms with van der Waals surface area (Å²) in [7, 11) is 0. The molecule has 1 saturated heterocycles. The molecule has 31 heavy (non-hydrogen) atoms. The van der Waals surface area contributed by atoms with Crippen LogP contribution in [0.1, 0.15) is 31.9 Å². The molecule has 1 N–H and O–H groups in total. The van der Waals surface area contributed by atoms with E-state index in [1.54, 1.807) is 0 Å². The summed E-state index contributed by atoms with van der Waals surface area (Å²) in [6, 6.07) is 16.5. The molecule has 0 bridgehead atoms. The van der Waals surface area contributed by atoms with Gasteiger partial charge in [-0.3, -0.25) is 9.88 Å². The van der Waals surface area contributed by atoms with Gasteiger partial charge in [0, 0.05) is 37.1 Å². The van der Waals surface area contributed by atoms with Crippen molar-refractivity contribution in [3.05, 3.63) is 65.9 Å². The standard InChI is InChI=1S/C26H32N2O3/c1-4-30-26-13-19(9-10-25(26)31-18(2)3)15-28-16-21(24(29)17-28)14-20-11-12-27-23-8-6-5-7-22(20)23/h5-13,18,21,24,29H,4,14-17H2,1-3H3/t21-,24-/m1/s1. The first-order valence-corrected chi connectivity index (χ1v) is 11.2. The van der Waals surface area contributed by atoms with Crippen LogP contribution in [0.4, 0.5) is 0 Å². The number of benzene rings is 2. The fourth-order valence-electron chi connectivity index (χ4n) is 4.42. The smallest absolute Gasteiger partial charge is 0.161 e. The highest BCUT2D eigenvalue weighted by Crippen LogP contribution is 2.31. The number of ether oxygens (including phenoxy) is 2. The van der Waals surface area contributed by atoms with Crippen molar-refractivity contribution in [2.75, 3.05) is 19.7 Å². The molecule has 0 radical (unpaired) electrons. The Balaban J connectivity index is 1.45. The van der Waals surface area contributed by atoms with Crippen LogP contribution in [-0.2, 0) is 13.0 Å². The van der Waals surface area contributed by atoms with E-state index in [1.807, 2.05) is 51.2 Å². The molecule has 0 amide bonds. The highest BCUT2D eigenvalue weighted by Gasteiger charge is 2.31. The summed E-state index contributed by atoms with van der Waals surface area (Å²) in [6.07, 6.45) is 2.49. The lowest BCUT2D eigenvalue weighted by molar-refractivity contribution is 0.141. The van der Waals surface area contributed by atoms with Gasteiger partial charge in [-0.25, -0.2) is 0 Å². The summed E-state index contributed by atoms with van der Waals surface area (Å²) >= 11 is 0. The molecule has 5 heteroatoms. The van der Waals surface area contributed by atoms with Gasteiger partial charge in [-0.05, 0) is 62.6 Å². The zero-order valence-electron chi connectivity index (χ0n) is 18.6. The third-order valence-corrected chi connectivity index (χ3v) is 5.78. The maximum absolute atomic E-state index is 10.8. The average molecular weight is 421 g/mol. The van der Waals surface area contributed by atoms with Gasteiger partial charge in [0.1, 0.15) is 0 Å². The largest absolute Gasteiger partial charge is 0.490 e. The van der Waals surface area contributed by atoms with Crippen molar-refractivity contribution < 1.29 is 14.6 Å². The fraction of sp³-hybridized carbons (Fsp3) is 0.423. The minimum Gasteiger partial charge on any atom is -0.490 e. The Kier molecular flexibility index (Phi) is 6.73. The monoisotopic (exact) mass is 420 g/mol. The van der Waals surface area contributed by atoms with Gasteiger partial charge in [-0.1, -0.05) is 24.3 Å². The van der Waals surface area contributed by atoms with Crippen molar-refractivity contribution >= 4 is 10.9 Å². The second-order valence-electron chi connectivity index (χ2n) is 8.59. The van der Waals surface area contributed by atoms with Crippen LogP contribution in [0.5, 0.6) is 11.5 Å². The summed E-state index contributed by atoms with van der Waals surface area (Å²) in [6.45, 7) is 8.95. The predicted molar refractivity (Wildman–Crippen MR) is 124 cm³/mol. The van der Waals surface area contributed by atoms with Gasteiger partial charge in [0.15, 0.2) is 11.5 Å². The maximum Gasteiger partial charge on any atom is 0.161 e. The second-order valence-corrected chi connectivity index (χ2v) is 8.59. The lowest BCUT2D eigenvalue weighted by atomic mass is 9.94. The van der Waals surface area contributed by atoms with E-state index < -0.39 is 0 Å². The third kappa shape index (κ3) is 5.17. The zero-order valence-corrected chi connectivity index (χ0v) is 18.6. The average Bonchev–Trinajstić information content (AvgIpc) is 3.09. The number of aromatic nitrogens is 1. The predicted octanol–water partition coefficient (Wildman–Crippen LogP) is 4.46. The molecule has 0 unspecified atom stereocenters. The van der Waals surface area contributed by atoms with Gasteiger partial charge >= 0.3 is 0 Å². The van der Waals surface area contributed by atoms with Crippen LogP contribution in [0.15, 0.2) is 54.7 Å². The molecule has 1 aromatic heterocycles. The molecule has 0 spiro atoms. The van der Waals surface area contributed by atoms with Gasteiger partial charge in [0.05, 0.1) is 24.3 Å². The van der Waals surface area contributed by atoms with Crippen LogP contribution >= 0.6 is 0 Å². The fourth-order valence-corrected chi connectivity index (χ4v) is 4.42. The lowest BCUT2D eigenvalue weighted by Crippen LogP contribution is -2.21. The highest BCUT2D eigenvalue weighted by atomic mass is 16.5. The summed E-state index contributed by atoms with van der Waals surface area (Å²) < 4.78 is 11.7. The first-order valence-electron chi connectivity index (χ1n) is 11.2. The minimum atomic E-state index is -0.332. The van der Waals surface area contributed by atoms with Crippen LogP contribution < -0.4 is 9.47 Å². The van der Waals surface area contributed by atoms with Crippen molar-refractivity contribution in [1.82, 2.24) is 9.88 Å². The molecule has 2 aromatic carbocycles. The summed E-state index contributed by atoms with van der Waals surface area (Å²) in [5.41, 5.74) is 3.43. The van der Waals surface area contributed by atoms with Crippen molar-refractivity contribution in [3.63, 3.8) is 0 Å². The molecule has 0 aliphatic carbocycles. The number of likely N-dealkylation sites (tertiary alicyclic amines) is 1. The summed E-state index contributed by atoms with van der Waals surface area (Å²) in [5.74, 6) is 1.78. The van der Waals surface area contributed by atoms with Gasteiger partial charge in [0.25, 0.3) is 0 Å². The van der Waals surface area contributed by atoms with Crippen LogP contribution in [0.2, 0.25) is 0 Å². The molecule has 1 aliphatic rings. The topological polar surface area (TPSA) is 54.8 Å². The van der Waals surface area contributed by atoms with Crippen LogP contribution in [0, 0.1) is 5.92 Å². The van der Waals surface area contributed by atoms with Crippen LogP contribution in [0.3, 0.4) is 0 Å². The number of aliphatic hydroxyl groups excluding tert-OH is 1. The third-order valence-electron chi connectivity index (χ3n) is 5.78. The number of aliphatic hydroxyl groups is 1. The molecule has 2 heterocycles. The van der Waals surface area contributed by atoms with Crippen molar-refractivity contribution in [2.24, 2.45) is 5.92 Å². The number of β-amino-alcohol motifs (C(OH)–C–C–N with tert-alkyl or cyclic N) is 1. The highest BCUT2D eigenvalue weighted by molar-refractivity contribution is 5.81. The Bertz CT molecular complexity index is 1020. The Hall–Kier alpha value is -2.63. The number of fused-ring (bicyclic) bond motifs is 1. The van der Waals surface area contributed by atoms with Crippen LogP contribution in [-0.4, -0.2) is 46.9 Å². The number of hydrogen-bond acceptors (Lipinski definition) is 5. The van der Waals surface area contributed by atoms with E-state index in [0.29, 0.717) is 13.2 Å². The molecule has 164 valence electrons. The molecule has 1 fully saturated rings. The van der Waals surface area contributed by atoms with E-state index in [2.05, 4.69) is 34.1 Å². The molecule has 4 rings (SSSR count). The van der Waals surface area contributed by atoms with E-state index >= 15 is 0 Å². The van der Waals surface area contributed by atoms with E-state index in [-0.39, 0.29) is 18.1 Å². The Labute approximate surface area is 184 Å². The first kappa shape index (κ1) is 21.6. The Morgan fingerprint density at radius 3 is 2.74 bits per heavy atom. The van der Waals surface area contributed by atoms with E-state index in [9.17, 15) is 5.11 Å². The molecule has 1 aliphatic heterocycles. The Morgan fingerprint density at radius 1 is 1.10 bits per heavy atom. The van der Waals surface area contributed by atoms with Crippen LogP contribution in [0.25, 0.3) is 10.9 Å². The van der Waals surface area contributed by atoms with E-state index in [4.69, 9.17) is 9.47 Å². The van der Waals surface area contributed by atoms with Gasteiger partial charge in [-0.2, -0.15) is 0 Å².